The number of benzene rings is 1. The molecule has 2 unspecified atom stereocenters. The van der Waals surface area contributed by atoms with Crippen LogP contribution >= 0.6 is 12.4 Å². The first-order valence-electron chi connectivity index (χ1n) is 8.00. The van der Waals surface area contributed by atoms with E-state index in [0.29, 0.717) is 23.7 Å². The molecule has 1 heterocycles. The Hall–Kier alpha value is -1.95. The van der Waals surface area contributed by atoms with Crippen molar-refractivity contribution >= 4 is 35.6 Å². The molecule has 134 valence electrons. The summed E-state index contributed by atoms with van der Waals surface area (Å²) in [5, 5.41) is 2.83. The molecule has 2 rings (SSSR count). The summed E-state index contributed by atoms with van der Waals surface area (Å²) in [6.07, 6.45) is 2.24. The Labute approximate surface area is 149 Å². The largest absolute Gasteiger partial charge is 0.495 e. The molecule has 1 aromatic carbocycles. The van der Waals surface area contributed by atoms with Gasteiger partial charge in [-0.3, -0.25) is 9.59 Å². The maximum absolute atomic E-state index is 12.4. The van der Waals surface area contributed by atoms with Gasteiger partial charge in [0.1, 0.15) is 5.75 Å². The summed E-state index contributed by atoms with van der Waals surface area (Å²) < 4.78 is 5.09. The molecule has 7 heteroatoms. The number of anilines is 2. The number of halogens is 1. The molecule has 0 radical (unpaired) electrons. The normalized spacial score (nSPS) is 18.0. The van der Waals surface area contributed by atoms with Gasteiger partial charge in [-0.25, -0.2) is 0 Å². The van der Waals surface area contributed by atoms with Crippen molar-refractivity contribution in [2.45, 2.75) is 39.2 Å². The minimum atomic E-state index is -0.315. The molecule has 1 aromatic rings. The van der Waals surface area contributed by atoms with E-state index in [0.717, 1.165) is 12.8 Å². The number of nitrogens with two attached hydrogens (primary N) is 1. The smallest absolute Gasteiger partial charge is 0.229 e. The quantitative estimate of drug-likeness (QED) is 0.768. The van der Waals surface area contributed by atoms with Gasteiger partial charge in [0.25, 0.3) is 0 Å². The monoisotopic (exact) mass is 355 g/mol. The minimum absolute atomic E-state index is 0. The van der Waals surface area contributed by atoms with Crippen LogP contribution in [0, 0.1) is 5.92 Å². The number of hydrogen-bond acceptors (Lipinski definition) is 4. The molecular weight excluding hydrogens is 330 g/mol. The fraction of sp³-hybridized carbons (Fsp3) is 0.529. The number of carbonyl (C=O) groups is 2. The first-order chi connectivity index (χ1) is 11.0. The summed E-state index contributed by atoms with van der Waals surface area (Å²) in [7, 11) is 1.54. The highest BCUT2D eigenvalue weighted by atomic mass is 35.5. The van der Waals surface area contributed by atoms with Crippen molar-refractivity contribution in [2.24, 2.45) is 5.92 Å². The number of nitrogens with one attached hydrogen (secondary N) is 1. The summed E-state index contributed by atoms with van der Waals surface area (Å²) in [5.74, 6) is 0.165. The molecule has 24 heavy (non-hydrogen) atoms. The highest BCUT2D eigenvalue weighted by molar-refractivity contribution is 5.97. The number of amides is 2. The first kappa shape index (κ1) is 20.1. The third-order valence-electron chi connectivity index (χ3n) is 4.26. The molecule has 1 fully saturated rings. The number of nitrogen functional groups attached to an aromatic ring is 1. The number of ether oxygens (including phenoxy) is 1. The zero-order chi connectivity index (χ0) is 17.0. The van der Waals surface area contributed by atoms with Gasteiger partial charge in [-0.05, 0) is 31.5 Å². The van der Waals surface area contributed by atoms with E-state index in [1.165, 1.54) is 0 Å². The Balaban J connectivity index is 0.00000288. The SMILES string of the molecule is CCCC(C)N1CC(C(=O)Nc2ccc(OC)c(N)c2)CC1=O.Cl. The molecule has 0 aliphatic carbocycles. The van der Waals surface area contributed by atoms with E-state index in [-0.39, 0.29) is 42.6 Å². The van der Waals surface area contributed by atoms with Crippen molar-refractivity contribution < 1.29 is 14.3 Å². The Morgan fingerprint density at radius 3 is 2.79 bits per heavy atom. The number of hydrogen-bond donors (Lipinski definition) is 2. The van der Waals surface area contributed by atoms with Crippen molar-refractivity contribution in [3.8, 4) is 5.75 Å². The lowest BCUT2D eigenvalue weighted by molar-refractivity contribution is -0.129. The third kappa shape index (κ3) is 4.54. The summed E-state index contributed by atoms with van der Waals surface area (Å²) in [6, 6.07) is 5.29. The fourth-order valence-electron chi connectivity index (χ4n) is 2.96. The molecule has 1 aliphatic rings. The standard InChI is InChI=1S/C17H25N3O3.ClH/c1-4-5-11(2)20-10-12(8-16(20)21)17(22)19-13-6-7-15(23-3)14(18)9-13;/h6-7,9,11-12H,4-5,8,10,18H2,1-3H3,(H,19,22);1H. The van der Waals surface area contributed by atoms with Gasteiger partial charge in [0.05, 0.1) is 18.7 Å². The molecular formula is C17H26ClN3O3. The first-order valence-corrected chi connectivity index (χ1v) is 8.00. The lowest BCUT2D eigenvalue weighted by Crippen LogP contribution is -2.35. The van der Waals surface area contributed by atoms with Crippen LogP contribution in [0.3, 0.4) is 0 Å². The number of carbonyl (C=O) groups excluding carboxylic acids is 2. The van der Waals surface area contributed by atoms with Crippen molar-refractivity contribution in [3.05, 3.63) is 18.2 Å². The summed E-state index contributed by atoms with van der Waals surface area (Å²) in [5.41, 5.74) is 6.92. The van der Waals surface area contributed by atoms with E-state index >= 15 is 0 Å². The molecule has 2 atom stereocenters. The lowest BCUT2D eigenvalue weighted by Gasteiger charge is -2.24. The van der Waals surface area contributed by atoms with Crippen LogP contribution in [0.15, 0.2) is 18.2 Å². The van der Waals surface area contributed by atoms with E-state index in [2.05, 4.69) is 12.2 Å². The number of rotatable bonds is 6. The van der Waals surface area contributed by atoms with Crippen molar-refractivity contribution in [3.63, 3.8) is 0 Å². The van der Waals surface area contributed by atoms with Gasteiger partial charge in [0.15, 0.2) is 0 Å². The van der Waals surface area contributed by atoms with Gasteiger partial charge in [0.2, 0.25) is 11.8 Å². The highest BCUT2D eigenvalue weighted by Crippen LogP contribution is 2.27. The Morgan fingerprint density at radius 2 is 2.21 bits per heavy atom. The second-order valence-electron chi connectivity index (χ2n) is 6.03. The maximum Gasteiger partial charge on any atom is 0.229 e. The highest BCUT2D eigenvalue weighted by Gasteiger charge is 2.36. The van der Waals surface area contributed by atoms with E-state index in [1.807, 2.05) is 11.8 Å². The number of methoxy groups -OCH3 is 1. The van der Waals surface area contributed by atoms with Crippen LogP contribution in [0.5, 0.6) is 5.75 Å². The summed E-state index contributed by atoms with van der Waals surface area (Å²) >= 11 is 0. The minimum Gasteiger partial charge on any atom is -0.495 e. The average Bonchev–Trinajstić information content (AvgIpc) is 2.90. The van der Waals surface area contributed by atoms with Crippen LogP contribution in [0.4, 0.5) is 11.4 Å². The van der Waals surface area contributed by atoms with Crippen molar-refractivity contribution in [2.75, 3.05) is 24.7 Å². The Morgan fingerprint density at radius 1 is 1.50 bits per heavy atom. The summed E-state index contributed by atoms with van der Waals surface area (Å²) in [4.78, 5) is 26.3. The van der Waals surface area contributed by atoms with Crippen molar-refractivity contribution in [1.29, 1.82) is 0 Å². The topological polar surface area (TPSA) is 84.7 Å². The Bertz CT molecular complexity index is 594. The molecule has 1 aliphatic heterocycles. The van der Waals surface area contributed by atoms with Crippen molar-refractivity contribution in [1.82, 2.24) is 4.90 Å². The second-order valence-corrected chi connectivity index (χ2v) is 6.03. The van der Waals surface area contributed by atoms with Gasteiger partial charge < -0.3 is 20.7 Å². The number of nitrogens with zero attached hydrogens (tertiary/aromatic N) is 1. The van der Waals surface area contributed by atoms with Crippen LogP contribution in [0.25, 0.3) is 0 Å². The van der Waals surface area contributed by atoms with Crippen LogP contribution in [0.2, 0.25) is 0 Å². The van der Waals surface area contributed by atoms with Crippen LogP contribution in [-0.4, -0.2) is 36.4 Å². The molecule has 1 saturated heterocycles. The van der Waals surface area contributed by atoms with Gasteiger partial charge >= 0.3 is 0 Å². The molecule has 6 nitrogen and oxygen atoms in total. The third-order valence-corrected chi connectivity index (χ3v) is 4.26. The van der Waals surface area contributed by atoms with E-state index in [9.17, 15) is 9.59 Å². The van der Waals surface area contributed by atoms with Crippen LogP contribution in [-0.2, 0) is 9.59 Å². The summed E-state index contributed by atoms with van der Waals surface area (Å²) in [6.45, 7) is 4.61. The van der Waals surface area contributed by atoms with Gasteiger partial charge in [-0.1, -0.05) is 13.3 Å². The molecule has 0 spiro atoms. The van der Waals surface area contributed by atoms with Gasteiger partial charge in [0, 0.05) is 24.7 Å². The Kier molecular flexibility index (Phi) is 7.35. The molecule has 3 N–H and O–H groups in total. The van der Waals surface area contributed by atoms with E-state index in [1.54, 1.807) is 25.3 Å². The van der Waals surface area contributed by atoms with Crippen LogP contribution in [0.1, 0.15) is 33.1 Å². The van der Waals surface area contributed by atoms with Gasteiger partial charge in [-0.2, -0.15) is 0 Å². The molecule has 0 saturated carbocycles. The van der Waals surface area contributed by atoms with E-state index < -0.39 is 0 Å². The predicted octanol–water partition coefficient (Wildman–Crippen LogP) is 2.67. The number of likely N-dealkylation sites (tertiary alicyclic amines) is 1. The zero-order valence-electron chi connectivity index (χ0n) is 14.4. The predicted molar refractivity (Wildman–Crippen MR) is 97.5 cm³/mol. The van der Waals surface area contributed by atoms with Gasteiger partial charge in [-0.15, -0.1) is 12.4 Å². The zero-order valence-corrected chi connectivity index (χ0v) is 15.2. The lowest BCUT2D eigenvalue weighted by atomic mass is 10.1. The second kappa shape index (κ2) is 8.78. The average molecular weight is 356 g/mol. The fourth-order valence-corrected chi connectivity index (χ4v) is 2.96. The maximum atomic E-state index is 12.4. The molecule has 2 amide bonds. The molecule has 0 bridgehead atoms. The van der Waals surface area contributed by atoms with Crippen LogP contribution < -0.4 is 15.8 Å². The molecule has 0 aromatic heterocycles. The van der Waals surface area contributed by atoms with E-state index in [4.69, 9.17) is 10.5 Å².